The molecule has 0 amide bonds. The highest BCUT2D eigenvalue weighted by Gasteiger charge is 2.53. The van der Waals surface area contributed by atoms with Crippen molar-refractivity contribution in [2.24, 2.45) is 16.8 Å². The summed E-state index contributed by atoms with van der Waals surface area (Å²) in [5.74, 6) is -3.62. The lowest BCUT2D eigenvalue weighted by Gasteiger charge is -2.41. The van der Waals surface area contributed by atoms with Gasteiger partial charge in [-0.15, -0.1) is 0 Å². The molecule has 1 aliphatic carbocycles. The van der Waals surface area contributed by atoms with E-state index in [9.17, 15) is 14.4 Å². The topological polar surface area (TPSA) is 91.3 Å². The smallest absolute Gasteiger partial charge is 0.336 e. The van der Waals surface area contributed by atoms with Gasteiger partial charge in [-0.2, -0.15) is 11.3 Å². The Hall–Kier alpha value is -3.26. The van der Waals surface area contributed by atoms with Gasteiger partial charge < -0.3 is 14.2 Å². The Morgan fingerprint density at radius 1 is 1.09 bits per heavy atom. The summed E-state index contributed by atoms with van der Waals surface area (Å²) in [6.45, 7) is 5.60. The molecular formula is C27H29NO6S. The molecule has 4 rings (SSSR count). The molecule has 1 saturated carbocycles. The minimum atomic E-state index is -1.04. The molecule has 0 bridgehead atoms. The second kappa shape index (κ2) is 10.6. The summed E-state index contributed by atoms with van der Waals surface area (Å²) in [6.07, 6.45) is 0.369. The van der Waals surface area contributed by atoms with Gasteiger partial charge in [0, 0.05) is 23.2 Å². The second-order valence-electron chi connectivity index (χ2n) is 8.52. The maximum Gasteiger partial charge on any atom is 0.336 e. The van der Waals surface area contributed by atoms with Gasteiger partial charge in [-0.3, -0.25) is 14.6 Å². The summed E-state index contributed by atoms with van der Waals surface area (Å²) in [5, 5.41) is 3.84. The summed E-state index contributed by atoms with van der Waals surface area (Å²) in [5.41, 5.74) is 3.15. The molecule has 1 aromatic heterocycles. The number of benzene rings is 1. The predicted octanol–water partition coefficient (Wildman–Crippen LogP) is 4.68. The molecule has 2 heterocycles. The fourth-order valence-corrected chi connectivity index (χ4v) is 5.93. The Labute approximate surface area is 208 Å². The third-order valence-electron chi connectivity index (χ3n) is 6.63. The molecule has 0 radical (unpaired) electrons. The Kier molecular flexibility index (Phi) is 7.50. The van der Waals surface area contributed by atoms with E-state index in [1.165, 1.54) is 11.3 Å². The van der Waals surface area contributed by atoms with Crippen molar-refractivity contribution in [1.82, 2.24) is 0 Å². The van der Waals surface area contributed by atoms with E-state index in [0.717, 1.165) is 11.1 Å². The highest BCUT2D eigenvalue weighted by atomic mass is 32.1. The van der Waals surface area contributed by atoms with Gasteiger partial charge in [-0.25, -0.2) is 4.79 Å². The van der Waals surface area contributed by atoms with E-state index >= 15 is 0 Å². The van der Waals surface area contributed by atoms with Crippen LogP contribution in [0.3, 0.4) is 0 Å². The van der Waals surface area contributed by atoms with Gasteiger partial charge in [0.05, 0.1) is 31.8 Å². The first kappa shape index (κ1) is 24.9. The van der Waals surface area contributed by atoms with Crippen molar-refractivity contribution in [3.8, 4) is 5.75 Å². The molecule has 2 aliphatic rings. The van der Waals surface area contributed by atoms with Crippen molar-refractivity contribution in [2.75, 3.05) is 20.3 Å². The van der Waals surface area contributed by atoms with Gasteiger partial charge in [0.15, 0.2) is 5.78 Å². The number of methoxy groups -OCH3 is 1. The average Bonchev–Trinajstić information content (AvgIpc) is 3.38. The number of nitrogens with zero attached hydrogens (tertiary/aromatic N) is 1. The first-order valence-corrected chi connectivity index (χ1v) is 12.7. The molecular weight excluding hydrogens is 466 g/mol. The maximum atomic E-state index is 14.2. The van der Waals surface area contributed by atoms with Gasteiger partial charge in [-0.05, 0) is 61.2 Å². The quantitative estimate of drug-likeness (QED) is 0.409. The lowest BCUT2D eigenvalue weighted by atomic mass is 9.62. The van der Waals surface area contributed by atoms with E-state index in [-0.39, 0.29) is 19.0 Å². The number of allylic oxidation sites excluding steroid dienone is 1. The number of hydrogen-bond donors (Lipinski definition) is 0. The van der Waals surface area contributed by atoms with E-state index < -0.39 is 35.6 Å². The van der Waals surface area contributed by atoms with Crippen LogP contribution in [0.25, 0.3) is 0 Å². The Morgan fingerprint density at radius 3 is 2.49 bits per heavy atom. The maximum absolute atomic E-state index is 14.2. The number of carbonyl (C=O) groups excluding carboxylic acids is 3. The number of fused-ring (bicyclic) bond motifs is 1. The lowest BCUT2D eigenvalue weighted by Crippen LogP contribution is -2.48. The Balaban J connectivity index is 1.88. The molecule has 1 fully saturated rings. The average molecular weight is 496 g/mol. The van der Waals surface area contributed by atoms with Gasteiger partial charge >= 0.3 is 11.9 Å². The number of esters is 2. The zero-order chi connectivity index (χ0) is 25.1. The fraction of sp³-hybridized carbons (Fsp3) is 0.407. The van der Waals surface area contributed by atoms with Crippen molar-refractivity contribution >= 4 is 34.8 Å². The minimum absolute atomic E-state index is 0.161. The number of hydrogen-bond acceptors (Lipinski definition) is 8. The van der Waals surface area contributed by atoms with Gasteiger partial charge in [-0.1, -0.05) is 18.2 Å². The normalized spacial score (nSPS) is 23.9. The number of carbonyl (C=O) groups is 3. The van der Waals surface area contributed by atoms with Gasteiger partial charge in [0.2, 0.25) is 0 Å². The molecule has 8 heteroatoms. The molecule has 4 atom stereocenters. The molecule has 184 valence electrons. The molecule has 1 unspecified atom stereocenters. The van der Waals surface area contributed by atoms with E-state index in [1.807, 2.05) is 41.1 Å². The van der Waals surface area contributed by atoms with Crippen molar-refractivity contribution in [3.05, 3.63) is 63.5 Å². The number of ketones is 1. The summed E-state index contributed by atoms with van der Waals surface area (Å²) in [4.78, 5) is 45.2. The van der Waals surface area contributed by atoms with Crippen LogP contribution in [0.1, 0.15) is 50.2 Å². The van der Waals surface area contributed by atoms with Crippen LogP contribution in [0, 0.1) is 11.8 Å². The van der Waals surface area contributed by atoms with Crippen molar-refractivity contribution in [3.63, 3.8) is 0 Å². The SMILES string of the molecule is CCOC(=O)C1=C(C)N=C2C[C@@H](c3ccccc3OC)[C@H](C(=O)OCC)C(=O)C2[C@@H]1c1ccsc1. The zero-order valence-electron chi connectivity index (χ0n) is 20.3. The number of thiophene rings is 1. The van der Waals surface area contributed by atoms with Crippen molar-refractivity contribution in [1.29, 1.82) is 0 Å². The predicted molar refractivity (Wildman–Crippen MR) is 133 cm³/mol. The number of ether oxygens (including phenoxy) is 3. The van der Waals surface area contributed by atoms with Crippen LogP contribution in [-0.2, 0) is 23.9 Å². The third kappa shape index (κ3) is 4.55. The second-order valence-corrected chi connectivity index (χ2v) is 9.30. The van der Waals surface area contributed by atoms with Crippen LogP contribution in [0.4, 0.5) is 0 Å². The van der Waals surface area contributed by atoms with Gasteiger partial charge in [0.25, 0.3) is 0 Å². The first-order chi connectivity index (χ1) is 16.9. The standard InChI is InChI=1S/C27H29NO6S/c1-5-33-26(30)21-15(3)28-19-13-18(17-9-7-8-10-20(17)32-4)23(27(31)34-6-2)25(29)24(19)22(21)16-11-12-35-14-16/h7-12,14,18,22-24H,5-6,13H2,1-4H3/t18-,22+,23-,24?/m0/s1. The number of para-hydroxylation sites is 1. The number of Topliss-reactive ketones (excluding diaryl/α,β-unsaturated/α-hetero) is 1. The van der Waals surface area contributed by atoms with E-state index in [1.54, 1.807) is 27.9 Å². The van der Waals surface area contributed by atoms with Crippen LogP contribution in [0.2, 0.25) is 0 Å². The largest absolute Gasteiger partial charge is 0.496 e. The summed E-state index contributed by atoms with van der Waals surface area (Å²) >= 11 is 1.49. The highest BCUT2D eigenvalue weighted by molar-refractivity contribution is 7.08. The van der Waals surface area contributed by atoms with Gasteiger partial charge in [0.1, 0.15) is 11.7 Å². The molecule has 0 N–H and O–H groups in total. The molecule has 35 heavy (non-hydrogen) atoms. The van der Waals surface area contributed by atoms with E-state index in [0.29, 0.717) is 29.2 Å². The fourth-order valence-electron chi connectivity index (χ4n) is 5.23. The van der Waals surface area contributed by atoms with Crippen molar-refractivity contribution < 1.29 is 28.6 Å². The molecule has 1 aliphatic heterocycles. The van der Waals surface area contributed by atoms with Crippen LogP contribution in [0.15, 0.2) is 57.4 Å². The number of aliphatic imine (C=N–C) groups is 1. The summed E-state index contributed by atoms with van der Waals surface area (Å²) < 4.78 is 16.3. The molecule has 2 aromatic rings. The lowest BCUT2D eigenvalue weighted by molar-refractivity contribution is -0.153. The molecule has 1 aromatic carbocycles. The Bertz CT molecular complexity index is 1180. The highest BCUT2D eigenvalue weighted by Crippen LogP contribution is 2.49. The summed E-state index contributed by atoms with van der Waals surface area (Å²) in [6, 6.07) is 9.30. The monoisotopic (exact) mass is 495 g/mol. The molecule has 0 saturated heterocycles. The van der Waals surface area contributed by atoms with Crippen LogP contribution in [0.5, 0.6) is 5.75 Å². The van der Waals surface area contributed by atoms with Crippen molar-refractivity contribution in [2.45, 2.75) is 39.0 Å². The third-order valence-corrected chi connectivity index (χ3v) is 7.33. The zero-order valence-corrected chi connectivity index (χ0v) is 21.1. The molecule has 7 nitrogen and oxygen atoms in total. The van der Waals surface area contributed by atoms with Crippen LogP contribution < -0.4 is 4.74 Å². The van der Waals surface area contributed by atoms with E-state index in [2.05, 4.69) is 0 Å². The molecule has 0 spiro atoms. The Morgan fingerprint density at radius 2 is 1.83 bits per heavy atom. The van der Waals surface area contributed by atoms with Crippen LogP contribution in [-0.4, -0.2) is 43.8 Å². The minimum Gasteiger partial charge on any atom is -0.496 e. The van der Waals surface area contributed by atoms with Crippen LogP contribution >= 0.6 is 11.3 Å². The first-order valence-electron chi connectivity index (χ1n) is 11.7. The van der Waals surface area contributed by atoms with E-state index in [4.69, 9.17) is 19.2 Å². The summed E-state index contributed by atoms with van der Waals surface area (Å²) in [7, 11) is 1.56. The number of rotatable bonds is 7.